The molecule has 2 aromatic carbocycles. The van der Waals surface area contributed by atoms with Gasteiger partial charge in [0.2, 0.25) is 5.91 Å². The first-order valence-electron chi connectivity index (χ1n) is 8.91. The lowest BCUT2D eigenvalue weighted by Crippen LogP contribution is -2.34. The minimum Gasteiger partial charge on any atom is -0.492 e. The Bertz CT molecular complexity index is 763. The van der Waals surface area contributed by atoms with Crippen molar-refractivity contribution in [3.05, 3.63) is 59.7 Å². The number of amides is 2. The van der Waals surface area contributed by atoms with Crippen molar-refractivity contribution in [2.24, 2.45) is 11.1 Å². The van der Waals surface area contributed by atoms with Crippen molar-refractivity contribution in [2.75, 3.05) is 18.5 Å². The zero-order chi connectivity index (χ0) is 19.9. The molecule has 0 fully saturated rings. The minimum atomic E-state index is -0.426. The molecule has 0 radical (unpaired) electrons. The number of nitrogens with two attached hydrogens (primary N) is 1. The van der Waals surface area contributed by atoms with E-state index in [2.05, 4.69) is 10.6 Å². The first-order valence-corrected chi connectivity index (χ1v) is 8.91. The van der Waals surface area contributed by atoms with Gasteiger partial charge >= 0.3 is 0 Å². The average molecular weight is 369 g/mol. The van der Waals surface area contributed by atoms with E-state index in [9.17, 15) is 9.59 Å². The molecule has 0 spiro atoms. The highest BCUT2D eigenvalue weighted by molar-refractivity contribution is 6.04. The first kappa shape index (κ1) is 20.5. The van der Waals surface area contributed by atoms with E-state index in [-0.39, 0.29) is 11.8 Å². The summed E-state index contributed by atoms with van der Waals surface area (Å²) < 4.78 is 5.41. The number of carbonyl (C=O) groups excluding carboxylic acids is 2. The molecular weight excluding hydrogens is 342 g/mol. The largest absolute Gasteiger partial charge is 0.492 e. The van der Waals surface area contributed by atoms with E-state index >= 15 is 0 Å². The third-order valence-corrected chi connectivity index (χ3v) is 3.85. The fourth-order valence-electron chi connectivity index (χ4n) is 2.24. The average Bonchev–Trinajstić information content (AvgIpc) is 2.65. The Morgan fingerprint density at radius 2 is 1.63 bits per heavy atom. The van der Waals surface area contributed by atoms with Crippen LogP contribution in [0.15, 0.2) is 48.5 Å². The summed E-state index contributed by atoms with van der Waals surface area (Å²) in [6.45, 7) is 6.94. The van der Waals surface area contributed by atoms with Gasteiger partial charge in [0, 0.05) is 29.8 Å². The Labute approximate surface area is 160 Å². The van der Waals surface area contributed by atoms with Crippen LogP contribution in [0.3, 0.4) is 0 Å². The molecule has 6 heteroatoms. The Hall–Kier alpha value is -2.86. The summed E-state index contributed by atoms with van der Waals surface area (Å²) in [4.78, 5) is 24.3. The molecule has 0 aliphatic heterocycles. The number of benzene rings is 2. The Morgan fingerprint density at radius 3 is 2.19 bits per heavy atom. The molecular formula is C21H27N3O3. The fraction of sp³-hybridized carbons (Fsp3) is 0.333. The molecule has 2 aromatic rings. The number of anilines is 1. The van der Waals surface area contributed by atoms with Gasteiger partial charge in [-0.2, -0.15) is 0 Å². The van der Waals surface area contributed by atoms with E-state index in [0.29, 0.717) is 36.7 Å². The van der Waals surface area contributed by atoms with Gasteiger partial charge in [-0.1, -0.05) is 32.9 Å². The summed E-state index contributed by atoms with van der Waals surface area (Å²) in [6, 6.07) is 14.3. The Kier molecular flexibility index (Phi) is 6.96. The lowest BCUT2D eigenvalue weighted by atomic mass is 9.95. The number of ether oxygens (including phenoxy) is 1. The maximum absolute atomic E-state index is 12.4. The van der Waals surface area contributed by atoms with Crippen LogP contribution in [0.2, 0.25) is 0 Å². The van der Waals surface area contributed by atoms with E-state index < -0.39 is 5.41 Å². The number of carbonyl (C=O) groups is 2. The Balaban J connectivity index is 1.90. The molecule has 0 atom stereocenters. The van der Waals surface area contributed by atoms with Gasteiger partial charge in [-0.15, -0.1) is 0 Å². The Morgan fingerprint density at radius 1 is 1.00 bits per heavy atom. The lowest BCUT2D eigenvalue weighted by molar-refractivity contribution is -0.128. The maximum atomic E-state index is 12.4. The van der Waals surface area contributed by atoms with E-state index in [1.807, 2.05) is 32.9 Å². The minimum absolute atomic E-state index is 0.0109. The van der Waals surface area contributed by atoms with Crippen LogP contribution in [0, 0.1) is 5.41 Å². The zero-order valence-electron chi connectivity index (χ0n) is 16.0. The van der Waals surface area contributed by atoms with Crippen LogP contribution in [-0.2, 0) is 11.3 Å². The third kappa shape index (κ3) is 6.42. The molecule has 0 heterocycles. The van der Waals surface area contributed by atoms with E-state index in [4.69, 9.17) is 10.5 Å². The van der Waals surface area contributed by atoms with Crippen molar-refractivity contribution < 1.29 is 14.3 Å². The van der Waals surface area contributed by atoms with Crippen LogP contribution in [0.1, 0.15) is 36.7 Å². The van der Waals surface area contributed by atoms with Gasteiger partial charge in [0.05, 0.1) is 0 Å². The molecule has 144 valence electrons. The molecule has 0 aliphatic carbocycles. The summed E-state index contributed by atoms with van der Waals surface area (Å²) in [5.74, 6) is 0.499. The second kappa shape index (κ2) is 9.19. The molecule has 0 bridgehead atoms. The van der Waals surface area contributed by atoms with Crippen molar-refractivity contribution in [1.82, 2.24) is 5.32 Å². The van der Waals surface area contributed by atoms with Crippen molar-refractivity contribution in [3.63, 3.8) is 0 Å². The summed E-state index contributed by atoms with van der Waals surface area (Å²) in [7, 11) is 0. The van der Waals surface area contributed by atoms with Gasteiger partial charge in [0.25, 0.3) is 5.91 Å². The third-order valence-electron chi connectivity index (χ3n) is 3.85. The summed E-state index contributed by atoms with van der Waals surface area (Å²) in [5.41, 5.74) is 7.13. The molecule has 2 rings (SSSR count). The van der Waals surface area contributed by atoms with Crippen LogP contribution in [0.5, 0.6) is 5.75 Å². The van der Waals surface area contributed by atoms with Gasteiger partial charge in [-0.3, -0.25) is 9.59 Å². The summed E-state index contributed by atoms with van der Waals surface area (Å²) >= 11 is 0. The maximum Gasteiger partial charge on any atom is 0.255 e. The van der Waals surface area contributed by atoms with Crippen molar-refractivity contribution in [3.8, 4) is 5.75 Å². The predicted molar refractivity (Wildman–Crippen MR) is 107 cm³/mol. The number of hydrogen-bond donors (Lipinski definition) is 3. The fourth-order valence-corrected chi connectivity index (χ4v) is 2.24. The van der Waals surface area contributed by atoms with Crippen LogP contribution in [0.25, 0.3) is 0 Å². The van der Waals surface area contributed by atoms with Crippen molar-refractivity contribution in [2.45, 2.75) is 27.3 Å². The summed E-state index contributed by atoms with van der Waals surface area (Å²) in [6.07, 6.45) is 0. The monoisotopic (exact) mass is 369 g/mol. The second-order valence-corrected chi connectivity index (χ2v) is 7.25. The smallest absolute Gasteiger partial charge is 0.255 e. The SMILES string of the molecule is CC(C)(C)C(=O)NCc1ccc(C(=O)Nc2ccc(OCCN)cc2)cc1. The molecule has 6 nitrogen and oxygen atoms in total. The number of nitrogens with one attached hydrogen (secondary N) is 2. The van der Waals surface area contributed by atoms with Crippen LogP contribution < -0.4 is 21.1 Å². The quantitative estimate of drug-likeness (QED) is 0.699. The lowest BCUT2D eigenvalue weighted by Gasteiger charge is -2.17. The van der Waals surface area contributed by atoms with Gasteiger partial charge < -0.3 is 21.1 Å². The zero-order valence-corrected chi connectivity index (χ0v) is 16.0. The van der Waals surface area contributed by atoms with Gasteiger partial charge in [-0.25, -0.2) is 0 Å². The number of hydrogen-bond acceptors (Lipinski definition) is 4. The highest BCUT2D eigenvalue weighted by atomic mass is 16.5. The predicted octanol–water partition coefficient (Wildman–Crippen LogP) is 2.94. The van der Waals surface area contributed by atoms with Crippen LogP contribution in [0.4, 0.5) is 5.69 Å². The standard InChI is InChI=1S/C21H27N3O3/c1-21(2,3)20(26)23-14-15-4-6-16(7-5-15)19(25)24-17-8-10-18(11-9-17)27-13-12-22/h4-11H,12-14,22H2,1-3H3,(H,23,26)(H,24,25). The molecule has 0 saturated carbocycles. The van der Waals surface area contributed by atoms with Crippen molar-refractivity contribution >= 4 is 17.5 Å². The van der Waals surface area contributed by atoms with E-state index in [1.165, 1.54) is 0 Å². The highest BCUT2D eigenvalue weighted by Gasteiger charge is 2.20. The van der Waals surface area contributed by atoms with Gasteiger partial charge in [-0.05, 0) is 42.0 Å². The van der Waals surface area contributed by atoms with Crippen molar-refractivity contribution in [1.29, 1.82) is 0 Å². The molecule has 0 saturated heterocycles. The molecule has 2 amide bonds. The molecule has 0 aliphatic rings. The normalized spacial score (nSPS) is 11.0. The second-order valence-electron chi connectivity index (χ2n) is 7.25. The van der Waals surface area contributed by atoms with E-state index in [1.54, 1.807) is 36.4 Å². The summed E-state index contributed by atoms with van der Waals surface area (Å²) in [5, 5.41) is 5.73. The highest BCUT2D eigenvalue weighted by Crippen LogP contribution is 2.17. The van der Waals surface area contributed by atoms with Gasteiger partial charge in [0.1, 0.15) is 12.4 Å². The van der Waals surface area contributed by atoms with Gasteiger partial charge in [0.15, 0.2) is 0 Å². The molecule has 0 unspecified atom stereocenters. The number of rotatable bonds is 7. The molecule has 4 N–H and O–H groups in total. The van der Waals surface area contributed by atoms with Crippen LogP contribution in [-0.4, -0.2) is 25.0 Å². The topological polar surface area (TPSA) is 93.5 Å². The van der Waals surface area contributed by atoms with E-state index in [0.717, 1.165) is 5.56 Å². The first-order chi connectivity index (χ1) is 12.8. The molecule has 27 heavy (non-hydrogen) atoms. The molecule has 0 aromatic heterocycles. The van der Waals surface area contributed by atoms with Crippen LogP contribution >= 0.6 is 0 Å².